The van der Waals surface area contributed by atoms with Crippen LogP contribution in [0.5, 0.6) is 0 Å². The first-order chi connectivity index (χ1) is 4.59. The molecule has 4 N–H and O–H groups in total. The quantitative estimate of drug-likeness (QED) is 0.572. The zero-order chi connectivity index (χ0) is 8.15. The third-order valence-electron chi connectivity index (χ3n) is 1.28. The smallest absolute Gasteiger partial charge is 0.334 e. The summed E-state index contributed by atoms with van der Waals surface area (Å²) in [6.07, 6.45) is -0.0983. The van der Waals surface area contributed by atoms with Gasteiger partial charge in [0.1, 0.15) is 0 Å². The minimum Gasteiger partial charge on any atom is -0.479 e. The highest BCUT2D eigenvalue weighted by molar-refractivity contribution is 5.85. The fourth-order valence-electron chi connectivity index (χ4n) is 0.674. The Morgan fingerprint density at radius 1 is 1.64 bits per heavy atom. The first-order valence-electron chi connectivity index (χ1n) is 3.26. The molecule has 0 bridgehead atoms. The number of hydrogen-bond donors (Lipinski definition) is 3. The van der Waals surface area contributed by atoms with Gasteiger partial charge >= 0.3 is 5.97 Å². The molecule has 5 heteroatoms. The lowest BCUT2D eigenvalue weighted by Gasteiger charge is -2.12. The second-order valence-electron chi connectivity index (χ2n) is 2.24. The van der Waals surface area contributed by atoms with Crippen LogP contribution in [0.4, 0.5) is 0 Å². The van der Waals surface area contributed by atoms with E-state index >= 15 is 0 Å². The van der Waals surface area contributed by atoms with Gasteiger partial charge in [0, 0.05) is 6.04 Å². The normalized spacial score (nSPS) is 14.8. The fourth-order valence-corrected chi connectivity index (χ4v) is 0.674. The molecule has 0 amide bonds. The van der Waals surface area contributed by atoms with Gasteiger partial charge in [0.05, 0.1) is 0 Å². The molecule has 0 heterocycles. The second kappa shape index (κ2) is 6.39. The summed E-state index contributed by atoms with van der Waals surface area (Å²) in [5.41, 5.74) is 5.30. The molecule has 2 atom stereocenters. The summed E-state index contributed by atoms with van der Waals surface area (Å²) in [6, 6.07) is -0.637. The molecule has 0 aliphatic rings. The summed E-state index contributed by atoms with van der Waals surface area (Å²) in [4.78, 5) is 10.1. The van der Waals surface area contributed by atoms with Crippen molar-refractivity contribution in [2.24, 2.45) is 5.73 Å². The molecule has 0 rings (SSSR count). The Morgan fingerprint density at radius 3 is 2.36 bits per heavy atom. The summed E-state index contributed by atoms with van der Waals surface area (Å²) in [5, 5.41) is 17.1. The molecule has 0 fully saturated rings. The van der Waals surface area contributed by atoms with Gasteiger partial charge in [-0.3, -0.25) is 0 Å². The van der Waals surface area contributed by atoms with Crippen LogP contribution in [0, 0.1) is 0 Å². The zero-order valence-corrected chi connectivity index (χ0v) is 7.17. The molecule has 0 aliphatic carbocycles. The van der Waals surface area contributed by atoms with E-state index in [1.54, 1.807) is 0 Å². The third-order valence-corrected chi connectivity index (χ3v) is 1.28. The molecule has 2 unspecified atom stereocenters. The van der Waals surface area contributed by atoms with Crippen molar-refractivity contribution < 1.29 is 15.0 Å². The van der Waals surface area contributed by atoms with E-state index in [4.69, 9.17) is 15.9 Å². The summed E-state index contributed by atoms with van der Waals surface area (Å²) in [6.45, 7) is 1.88. The second-order valence-corrected chi connectivity index (χ2v) is 2.24. The van der Waals surface area contributed by atoms with Crippen LogP contribution in [-0.2, 0) is 4.79 Å². The van der Waals surface area contributed by atoms with Crippen LogP contribution in [0.25, 0.3) is 0 Å². The summed E-state index contributed by atoms with van der Waals surface area (Å²) < 4.78 is 0. The highest BCUT2D eigenvalue weighted by Crippen LogP contribution is 1.98. The number of hydrogen-bond acceptors (Lipinski definition) is 3. The molecular formula is C6H14ClNO3. The van der Waals surface area contributed by atoms with Gasteiger partial charge in [-0.05, 0) is 6.42 Å². The minimum absolute atomic E-state index is 0. The van der Waals surface area contributed by atoms with Gasteiger partial charge in [-0.25, -0.2) is 4.79 Å². The van der Waals surface area contributed by atoms with Crippen LogP contribution in [-0.4, -0.2) is 28.3 Å². The van der Waals surface area contributed by atoms with Crippen molar-refractivity contribution in [3.8, 4) is 0 Å². The first kappa shape index (κ1) is 13.3. The maximum Gasteiger partial charge on any atom is 0.334 e. The molecule has 0 aromatic heterocycles. The molecule has 0 aromatic rings. The maximum atomic E-state index is 10.1. The van der Waals surface area contributed by atoms with Crippen LogP contribution in [0.15, 0.2) is 0 Å². The molecule has 0 saturated carbocycles. The van der Waals surface area contributed by atoms with E-state index in [2.05, 4.69) is 0 Å². The summed E-state index contributed by atoms with van der Waals surface area (Å²) >= 11 is 0. The predicted octanol–water partition coefficient (Wildman–Crippen LogP) is -0.0189. The lowest BCUT2D eigenvalue weighted by atomic mass is 10.1. The number of carboxylic acids is 1. The largest absolute Gasteiger partial charge is 0.479 e. The molecule has 68 valence electrons. The van der Waals surface area contributed by atoms with E-state index < -0.39 is 18.1 Å². The number of rotatable bonds is 4. The highest BCUT2D eigenvalue weighted by atomic mass is 35.5. The molecule has 4 nitrogen and oxygen atoms in total. The molecule has 0 aliphatic heterocycles. The fraction of sp³-hybridized carbons (Fsp3) is 0.833. The molecule has 0 spiro atoms. The Bertz CT molecular complexity index is 120. The van der Waals surface area contributed by atoms with E-state index in [1.807, 2.05) is 6.92 Å². The average molecular weight is 184 g/mol. The predicted molar refractivity (Wildman–Crippen MR) is 43.8 cm³/mol. The van der Waals surface area contributed by atoms with E-state index in [0.717, 1.165) is 6.42 Å². The number of aliphatic carboxylic acids is 1. The molecule has 11 heavy (non-hydrogen) atoms. The van der Waals surface area contributed by atoms with Gasteiger partial charge in [0.15, 0.2) is 6.10 Å². The molecule has 0 saturated heterocycles. The zero-order valence-electron chi connectivity index (χ0n) is 6.36. The van der Waals surface area contributed by atoms with Gasteiger partial charge in [-0.15, -0.1) is 12.4 Å². The Morgan fingerprint density at radius 2 is 2.09 bits per heavy atom. The molecule has 0 radical (unpaired) electrons. The lowest BCUT2D eigenvalue weighted by molar-refractivity contribution is -0.147. The van der Waals surface area contributed by atoms with E-state index in [-0.39, 0.29) is 12.4 Å². The van der Waals surface area contributed by atoms with E-state index in [1.165, 1.54) is 0 Å². The number of halogens is 1. The van der Waals surface area contributed by atoms with Gasteiger partial charge in [0.25, 0.3) is 0 Å². The number of carboxylic acid groups (broad SMARTS) is 1. The summed E-state index contributed by atoms with van der Waals surface area (Å²) in [7, 11) is 0. The van der Waals surface area contributed by atoms with Crippen LogP contribution in [0.3, 0.4) is 0 Å². The number of aliphatic hydroxyl groups excluding tert-OH is 1. The Hall–Kier alpha value is -0.320. The van der Waals surface area contributed by atoms with Crippen molar-refractivity contribution in [2.45, 2.75) is 31.9 Å². The lowest BCUT2D eigenvalue weighted by Crippen LogP contribution is -2.40. The SMILES string of the molecule is CCCC(N)C(O)C(=O)O.Cl. The van der Waals surface area contributed by atoms with E-state index in [9.17, 15) is 4.79 Å². The first-order valence-corrected chi connectivity index (χ1v) is 3.26. The van der Waals surface area contributed by atoms with Crippen molar-refractivity contribution in [2.75, 3.05) is 0 Å². The van der Waals surface area contributed by atoms with Crippen LogP contribution >= 0.6 is 12.4 Å². The van der Waals surface area contributed by atoms with Crippen molar-refractivity contribution in [3.63, 3.8) is 0 Å². The van der Waals surface area contributed by atoms with Gasteiger partial charge in [-0.2, -0.15) is 0 Å². The monoisotopic (exact) mass is 183 g/mol. The van der Waals surface area contributed by atoms with Crippen LogP contribution in [0.1, 0.15) is 19.8 Å². The minimum atomic E-state index is -1.42. The average Bonchev–Trinajstić information content (AvgIpc) is 1.87. The Kier molecular flexibility index (Phi) is 7.72. The number of carbonyl (C=O) groups is 1. The number of nitrogens with two attached hydrogens (primary N) is 1. The van der Waals surface area contributed by atoms with Crippen molar-refractivity contribution in [1.82, 2.24) is 0 Å². The van der Waals surface area contributed by atoms with Crippen LogP contribution in [0.2, 0.25) is 0 Å². The maximum absolute atomic E-state index is 10.1. The standard InChI is InChI=1S/C6H13NO3.ClH/c1-2-3-4(7)5(8)6(9)10;/h4-5,8H,2-3,7H2,1H3,(H,9,10);1H. The van der Waals surface area contributed by atoms with E-state index in [0.29, 0.717) is 6.42 Å². The summed E-state index contributed by atoms with van der Waals surface area (Å²) in [5.74, 6) is -1.25. The Labute approximate surface area is 71.8 Å². The van der Waals surface area contributed by atoms with Gasteiger partial charge in [0.2, 0.25) is 0 Å². The molecule has 0 aromatic carbocycles. The number of aliphatic hydroxyl groups is 1. The van der Waals surface area contributed by atoms with Crippen molar-refractivity contribution >= 4 is 18.4 Å². The third kappa shape index (κ3) is 5.01. The molecular weight excluding hydrogens is 170 g/mol. The Balaban J connectivity index is 0. The van der Waals surface area contributed by atoms with Gasteiger partial charge in [-0.1, -0.05) is 13.3 Å². The topological polar surface area (TPSA) is 83.5 Å². The highest BCUT2D eigenvalue weighted by Gasteiger charge is 2.20. The van der Waals surface area contributed by atoms with Crippen molar-refractivity contribution in [1.29, 1.82) is 0 Å². The van der Waals surface area contributed by atoms with Crippen molar-refractivity contribution in [3.05, 3.63) is 0 Å². The van der Waals surface area contributed by atoms with Gasteiger partial charge < -0.3 is 15.9 Å². The van der Waals surface area contributed by atoms with Crippen LogP contribution < -0.4 is 5.73 Å².